The summed E-state index contributed by atoms with van der Waals surface area (Å²) >= 11 is 10.1. The summed E-state index contributed by atoms with van der Waals surface area (Å²) in [5.74, 6) is 2.03. The molecule has 2 aliphatic rings. The zero-order chi connectivity index (χ0) is 28.2. The Morgan fingerprint density at radius 1 is 0.902 bits per heavy atom. The van der Waals surface area contributed by atoms with Gasteiger partial charge in [0.05, 0.1) is 28.8 Å². The van der Waals surface area contributed by atoms with Gasteiger partial charge in [-0.2, -0.15) is 5.10 Å². The van der Waals surface area contributed by atoms with E-state index in [0.29, 0.717) is 22.5 Å². The van der Waals surface area contributed by atoms with Crippen LogP contribution in [0.25, 0.3) is 5.69 Å². The second-order valence-corrected chi connectivity index (χ2v) is 11.3. The number of aliphatic imine (C=N–C) groups is 2. The Bertz CT molecular complexity index is 1900. The third kappa shape index (κ3) is 4.31. The Labute approximate surface area is 250 Å². The second kappa shape index (κ2) is 9.90. The van der Waals surface area contributed by atoms with Gasteiger partial charge in [-0.15, -0.1) is 0 Å². The van der Waals surface area contributed by atoms with Crippen LogP contribution in [-0.4, -0.2) is 26.6 Å². The normalized spacial score (nSPS) is 15.4. The van der Waals surface area contributed by atoms with Crippen molar-refractivity contribution >= 4 is 62.1 Å². The number of para-hydroxylation sites is 3. The lowest BCUT2D eigenvalue weighted by Gasteiger charge is -2.40. The van der Waals surface area contributed by atoms with Gasteiger partial charge in [0.15, 0.2) is 17.5 Å². The molecule has 5 aromatic rings. The van der Waals surface area contributed by atoms with Crippen molar-refractivity contribution in [2.24, 2.45) is 9.98 Å². The monoisotopic (exact) mass is 622 g/mol. The van der Waals surface area contributed by atoms with Crippen LogP contribution in [0.4, 0.5) is 22.9 Å². The van der Waals surface area contributed by atoms with Crippen LogP contribution in [0.2, 0.25) is 5.02 Å². The minimum absolute atomic E-state index is 0.178. The fourth-order valence-electron chi connectivity index (χ4n) is 5.39. The van der Waals surface area contributed by atoms with Crippen LogP contribution in [0.15, 0.2) is 105 Å². The van der Waals surface area contributed by atoms with Crippen molar-refractivity contribution in [1.29, 1.82) is 0 Å². The molecule has 0 radical (unpaired) electrons. The molecular formula is C32H24BrClN6O. The molecule has 0 fully saturated rings. The highest BCUT2D eigenvalue weighted by Crippen LogP contribution is 2.50. The summed E-state index contributed by atoms with van der Waals surface area (Å²) in [6, 6.07) is 28.8. The average Bonchev–Trinajstić information content (AvgIpc) is 3.31. The Kier molecular flexibility index (Phi) is 6.17. The summed E-state index contributed by atoms with van der Waals surface area (Å²) in [6.45, 7) is 3.95. The highest BCUT2D eigenvalue weighted by molar-refractivity contribution is 9.10. The number of rotatable bonds is 3. The van der Waals surface area contributed by atoms with Gasteiger partial charge in [0, 0.05) is 26.3 Å². The molecule has 41 heavy (non-hydrogen) atoms. The van der Waals surface area contributed by atoms with E-state index in [4.69, 9.17) is 26.7 Å². The summed E-state index contributed by atoms with van der Waals surface area (Å²) in [5.41, 5.74) is 6.77. The van der Waals surface area contributed by atoms with E-state index in [1.54, 1.807) is 6.07 Å². The van der Waals surface area contributed by atoms with Crippen LogP contribution in [-0.2, 0) is 0 Å². The van der Waals surface area contributed by atoms with E-state index in [9.17, 15) is 5.11 Å². The number of phenols is 1. The van der Waals surface area contributed by atoms with Crippen LogP contribution < -0.4 is 10.2 Å². The molecule has 7 nitrogen and oxygen atoms in total. The van der Waals surface area contributed by atoms with E-state index < -0.39 is 6.04 Å². The number of hydrogen-bond acceptors (Lipinski definition) is 6. The largest absolute Gasteiger partial charge is 0.508 e. The smallest absolute Gasteiger partial charge is 0.179 e. The van der Waals surface area contributed by atoms with E-state index in [-0.39, 0.29) is 5.75 Å². The predicted octanol–water partition coefficient (Wildman–Crippen LogP) is 8.41. The van der Waals surface area contributed by atoms with Crippen LogP contribution in [0.3, 0.4) is 0 Å². The number of aromatic hydroxyl groups is 1. The quantitative estimate of drug-likeness (QED) is 0.212. The van der Waals surface area contributed by atoms with E-state index >= 15 is 0 Å². The maximum atomic E-state index is 11.2. The lowest BCUT2D eigenvalue weighted by atomic mass is 9.92. The second-order valence-electron chi connectivity index (χ2n) is 10.0. The van der Waals surface area contributed by atoms with Crippen LogP contribution in [0, 0.1) is 13.8 Å². The lowest BCUT2D eigenvalue weighted by molar-refractivity contribution is 0.465. The van der Waals surface area contributed by atoms with Crippen LogP contribution in [0.5, 0.6) is 5.75 Å². The van der Waals surface area contributed by atoms with Gasteiger partial charge in [-0.3, -0.25) is 0 Å². The zero-order valence-electron chi connectivity index (χ0n) is 22.2. The van der Waals surface area contributed by atoms with E-state index in [1.807, 2.05) is 103 Å². The number of benzene rings is 4. The summed E-state index contributed by atoms with van der Waals surface area (Å²) in [4.78, 5) is 12.4. The third-order valence-corrected chi connectivity index (χ3v) is 8.26. The number of aryl methyl sites for hydroxylation is 2. The van der Waals surface area contributed by atoms with Crippen molar-refractivity contribution in [3.05, 3.63) is 123 Å². The number of amidine groups is 2. The van der Waals surface area contributed by atoms with Crippen molar-refractivity contribution in [2.75, 3.05) is 10.2 Å². The highest BCUT2D eigenvalue weighted by Gasteiger charge is 2.42. The summed E-state index contributed by atoms with van der Waals surface area (Å²) < 4.78 is 2.72. The molecular weight excluding hydrogens is 600 g/mol. The molecule has 7 rings (SSSR count). The van der Waals surface area contributed by atoms with Gasteiger partial charge in [0.2, 0.25) is 0 Å². The molecule has 0 spiro atoms. The van der Waals surface area contributed by atoms with Crippen molar-refractivity contribution < 1.29 is 5.11 Å². The number of halogens is 2. The molecule has 0 saturated heterocycles. The van der Waals surface area contributed by atoms with Gasteiger partial charge >= 0.3 is 0 Å². The Balaban J connectivity index is 1.51. The first-order chi connectivity index (χ1) is 19.9. The molecule has 202 valence electrons. The first kappa shape index (κ1) is 25.6. The van der Waals surface area contributed by atoms with E-state index in [2.05, 4.69) is 26.1 Å². The number of hydrogen-bond donors (Lipinski definition) is 2. The van der Waals surface area contributed by atoms with Gasteiger partial charge in [-0.25, -0.2) is 14.7 Å². The first-order valence-corrected chi connectivity index (χ1v) is 14.3. The summed E-state index contributed by atoms with van der Waals surface area (Å²) in [7, 11) is 0. The predicted molar refractivity (Wildman–Crippen MR) is 169 cm³/mol. The maximum absolute atomic E-state index is 11.2. The number of fused-ring (bicyclic) bond motifs is 4. The van der Waals surface area contributed by atoms with Gasteiger partial charge in [-0.05, 0) is 74.0 Å². The van der Waals surface area contributed by atoms with Gasteiger partial charge < -0.3 is 15.3 Å². The maximum Gasteiger partial charge on any atom is 0.179 e. The van der Waals surface area contributed by atoms with Crippen LogP contribution >= 0.6 is 27.5 Å². The molecule has 0 saturated carbocycles. The molecule has 0 aliphatic carbocycles. The highest BCUT2D eigenvalue weighted by atomic mass is 79.9. The summed E-state index contributed by atoms with van der Waals surface area (Å²) in [6.07, 6.45) is 0. The minimum atomic E-state index is -0.442. The first-order valence-electron chi connectivity index (χ1n) is 13.1. The Morgan fingerprint density at radius 3 is 2.49 bits per heavy atom. The third-order valence-electron chi connectivity index (χ3n) is 7.36. The molecule has 1 atom stereocenters. The fraction of sp³-hybridized carbons (Fsp3) is 0.0938. The fourth-order valence-corrected chi connectivity index (χ4v) is 5.95. The standard InChI is InChI=1S/C32H24BrClN6O/c1-18-12-14-21(17-24(18)34)35-30-32-37-31-28(19(2)38-40(31)22-8-4-3-5-9-22)29(23-16-20(33)13-15-27(23)41)39(32)26-11-7-6-10-25(26)36-30/h3-17,29,41H,1-2H3,(H,35,36). The SMILES string of the molecule is Cc1ccc(NC2=Nc3ccccc3N3C2=Nc2c(c(C)nn2-c2ccccc2)C3c2cc(Br)ccc2O)cc1Cl. The molecule has 1 unspecified atom stereocenters. The van der Waals surface area contributed by atoms with Gasteiger partial charge in [-0.1, -0.05) is 63.9 Å². The van der Waals surface area contributed by atoms with Crippen molar-refractivity contribution in [1.82, 2.24) is 9.78 Å². The zero-order valence-corrected chi connectivity index (χ0v) is 24.5. The topological polar surface area (TPSA) is 78.0 Å². The molecule has 0 bridgehead atoms. The average molecular weight is 624 g/mol. The van der Waals surface area contributed by atoms with Gasteiger partial charge in [0.1, 0.15) is 5.75 Å². The van der Waals surface area contributed by atoms with Crippen molar-refractivity contribution in [3.63, 3.8) is 0 Å². The molecule has 3 heterocycles. The number of anilines is 2. The Hall–Kier alpha value is -4.40. The lowest BCUT2D eigenvalue weighted by Crippen LogP contribution is -2.46. The Morgan fingerprint density at radius 2 is 1.68 bits per heavy atom. The van der Waals surface area contributed by atoms with E-state index in [1.165, 1.54) is 0 Å². The number of phenolic OH excluding ortho intramolecular Hbond substituents is 1. The van der Waals surface area contributed by atoms with Crippen LogP contribution in [0.1, 0.15) is 28.4 Å². The molecule has 4 aromatic carbocycles. The minimum Gasteiger partial charge on any atom is -0.508 e. The molecule has 9 heteroatoms. The molecule has 0 amide bonds. The number of nitrogens with zero attached hydrogens (tertiary/aromatic N) is 5. The number of aromatic nitrogens is 2. The summed E-state index contributed by atoms with van der Waals surface area (Å²) in [5, 5.41) is 20.3. The number of nitrogens with one attached hydrogen (secondary N) is 1. The molecule has 2 aliphatic heterocycles. The molecule has 1 aromatic heterocycles. The van der Waals surface area contributed by atoms with E-state index in [0.717, 1.165) is 49.6 Å². The molecule has 2 N–H and O–H groups in total. The van der Waals surface area contributed by atoms with Gasteiger partial charge in [0.25, 0.3) is 0 Å². The van der Waals surface area contributed by atoms with Crippen molar-refractivity contribution in [2.45, 2.75) is 19.9 Å². The van der Waals surface area contributed by atoms with Crippen molar-refractivity contribution in [3.8, 4) is 11.4 Å².